The normalized spacial score (nSPS) is 18.9. The number of fused-ring (bicyclic) bond motifs is 1. The highest BCUT2D eigenvalue weighted by Crippen LogP contribution is 2.33. The van der Waals surface area contributed by atoms with E-state index in [4.69, 9.17) is 4.74 Å². The number of piperidine rings is 1. The molecule has 1 amide bonds. The fourth-order valence-electron chi connectivity index (χ4n) is 3.52. The zero-order chi connectivity index (χ0) is 17.3. The fourth-order valence-corrected chi connectivity index (χ4v) is 3.52. The summed E-state index contributed by atoms with van der Waals surface area (Å²) in [7, 11) is 0. The van der Waals surface area contributed by atoms with Crippen LogP contribution in [-0.4, -0.2) is 41.1 Å². The van der Waals surface area contributed by atoms with Crippen LogP contribution in [0, 0.1) is 0 Å². The second-order valence-electron chi connectivity index (χ2n) is 6.67. The lowest BCUT2D eigenvalue weighted by molar-refractivity contribution is 0.0472. The average Bonchev–Trinajstić information content (AvgIpc) is 2.80. The van der Waals surface area contributed by atoms with E-state index in [2.05, 4.69) is 33.2 Å². The molecule has 1 aromatic heterocycles. The molecule has 0 unspecified atom stereocenters. The summed E-state index contributed by atoms with van der Waals surface area (Å²) in [5, 5.41) is 3.03. The van der Waals surface area contributed by atoms with E-state index in [0.29, 0.717) is 17.9 Å². The molecule has 2 aliphatic rings. The molecule has 3 heterocycles. The van der Waals surface area contributed by atoms with Crippen molar-refractivity contribution >= 4 is 11.7 Å². The van der Waals surface area contributed by atoms with Gasteiger partial charge in [0.2, 0.25) is 0 Å². The Kier molecular flexibility index (Phi) is 4.03. The molecule has 6 heteroatoms. The number of aromatic nitrogens is 2. The molecule has 1 saturated heterocycles. The minimum atomic E-state index is -0.348. The first kappa shape index (κ1) is 15.9. The van der Waals surface area contributed by atoms with Gasteiger partial charge in [0.05, 0.1) is 12.1 Å². The fraction of sp³-hybridized carbons (Fsp3) is 0.421. The maximum atomic E-state index is 12.3. The Morgan fingerprint density at radius 2 is 2.04 bits per heavy atom. The lowest BCUT2D eigenvalue weighted by atomic mass is 9.91. The Morgan fingerprint density at radius 3 is 2.84 bits per heavy atom. The standard InChI is InChI=1S/C19H22N4O2/c1-2-14-11-17(22-13-21-14)23-9-7-19(8-10-23)12-20-18(24)15-5-3-4-6-16(15)25-19/h3-6,11,13H,2,7-10,12H2,1H3,(H,20,24). The molecular weight excluding hydrogens is 316 g/mol. The van der Waals surface area contributed by atoms with E-state index in [1.807, 2.05) is 24.3 Å². The van der Waals surface area contributed by atoms with E-state index in [-0.39, 0.29) is 11.5 Å². The lowest BCUT2D eigenvalue weighted by Crippen LogP contribution is -2.53. The Bertz CT molecular complexity index is 784. The summed E-state index contributed by atoms with van der Waals surface area (Å²) < 4.78 is 6.34. The van der Waals surface area contributed by atoms with E-state index >= 15 is 0 Å². The molecule has 6 nitrogen and oxygen atoms in total. The van der Waals surface area contributed by atoms with Crippen molar-refractivity contribution in [1.29, 1.82) is 0 Å². The maximum absolute atomic E-state index is 12.3. The topological polar surface area (TPSA) is 67.4 Å². The van der Waals surface area contributed by atoms with Crippen molar-refractivity contribution in [3.05, 3.63) is 47.9 Å². The quantitative estimate of drug-likeness (QED) is 0.909. The number of hydrogen-bond donors (Lipinski definition) is 1. The van der Waals surface area contributed by atoms with Crippen molar-refractivity contribution in [3.8, 4) is 5.75 Å². The maximum Gasteiger partial charge on any atom is 0.255 e. The smallest absolute Gasteiger partial charge is 0.255 e. The molecule has 2 aliphatic heterocycles. The summed E-state index contributed by atoms with van der Waals surface area (Å²) >= 11 is 0. The molecule has 0 radical (unpaired) electrons. The molecular formula is C19H22N4O2. The van der Waals surface area contributed by atoms with Crippen molar-refractivity contribution in [2.75, 3.05) is 24.5 Å². The molecule has 4 rings (SSSR count). The number of nitrogens with zero attached hydrogens (tertiary/aromatic N) is 3. The van der Waals surface area contributed by atoms with Crippen LogP contribution in [0.5, 0.6) is 5.75 Å². The van der Waals surface area contributed by atoms with Crippen LogP contribution in [0.4, 0.5) is 5.82 Å². The van der Waals surface area contributed by atoms with Crippen molar-refractivity contribution in [2.24, 2.45) is 0 Å². The molecule has 0 aliphatic carbocycles. The Hall–Kier alpha value is -2.63. The van der Waals surface area contributed by atoms with E-state index in [0.717, 1.165) is 43.9 Å². The number of anilines is 1. The highest BCUT2D eigenvalue weighted by molar-refractivity contribution is 5.97. The van der Waals surface area contributed by atoms with Gasteiger partial charge in [0, 0.05) is 37.7 Å². The van der Waals surface area contributed by atoms with Crippen LogP contribution in [0.2, 0.25) is 0 Å². The van der Waals surface area contributed by atoms with Gasteiger partial charge in [-0.1, -0.05) is 19.1 Å². The molecule has 1 spiro atoms. The number of benzene rings is 1. The monoisotopic (exact) mass is 338 g/mol. The largest absolute Gasteiger partial charge is 0.484 e. The van der Waals surface area contributed by atoms with E-state index < -0.39 is 0 Å². The van der Waals surface area contributed by atoms with Crippen LogP contribution in [0.15, 0.2) is 36.7 Å². The van der Waals surface area contributed by atoms with Gasteiger partial charge < -0.3 is 15.0 Å². The Labute approximate surface area is 147 Å². The number of carbonyl (C=O) groups is 1. The summed E-state index contributed by atoms with van der Waals surface area (Å²) in [6.45, 7) is 4.32. The second kappa shape index (κ2) is 6.35. The molecule has 1 fully saturated rings. The molecule has 130 valence electrons. The predicted molar refractivity (Wildman–Crippen MR) is 95.0 cm³/mol. The summed E-state index contributed by atoms with van der Waals surface area (Å²) in [4.78, 5) is 23.2. The Balaban J connectivity index is 1.52. The minimum Gasteiger partial charge on any atom is -0.484 e. The molecule has 1 aromatic carbocycles. The molecule has 25 heavy (non-hydrogen) atoms. The molecule has 0 saturated carbocycles. The van der Waals surface area contributed by atoms with Gasteiger partial charge in [-0.05, 0) is 18.6 Å². The zero-order valence-electron chi connectivity index (χ0n) is 14.4. The molecule has 1 N–H and O–H groups in total. The lowest BCUT2D eigenvalue weighted by Gasteiger charge is -2.41. The van der Waals surface area contributed by atoms with Crippen molar-refractivity contribution in [1.82, 2.24) is 15.3 Å². The number of aryl methyl sites for hydroxylation is 1. The van der Waals surface area contributed by atoms with Crippen LogP contribution in [0.1, 0.15) is 35.8 Å². The van der Waals surface area contributed by atoms with Crippen LogP contribution >= 0.6 is 0 Å². The van der Waals surface area contributed by atoms with Crippen molar-refractivity contribution < 1.29 is 9.53 Å². The zero-order valence-corrected chi connectivity index (χ0v) is 14.4. The Morgan fingerprint density at radius 1 is 1.24 bits per heavy atom. The summed E-state index contributed by atoms with van der Waals surface area (Å²) in [6.07, 6.45) is 4.22. The third-order valence-electron chi connectivity index (χ3n) is 5.10. The van der Waals surface area contributed by atoms with Crippen LogP contribution in [0.3, 0.4) is 0 Å². The van der Waals surface area contributed by atoms with E-state index in [9.17, 15) is 4.79 Å². The van der Waals surface area contributed by atoms with Crippen LogP contribution in [-0.2, 0) is 6.42 Å². The van der Waals surface area contributed by atoms with Gasteiger partial charge >= 0.3 is 0 Å². The highest BCUT2D eigenvalue weighted by Gasteiger charge is 2.40. The first-order valence-corrected chi connectivity index (χ1v) is 8.81. The van der Waals surface area contributed by atoms with Crippen molar-refractivity contribution in [2.45, 2.75) is 31.8 Å². The first-order valence-electron chi connectivity index (χ1n) is 8.81. The molecule has 0 bridgehead atoms. The van der Waals surface area contributed by atoms with Crippen molar-refractivity contribution in [3.63, 3.8) is 0 Å². The van der Waals surface area contributed by atoms with E-state index in [1.54, 1.807) is 6.33 Å². The molecule has 2 aromatic rings. The second-order valence-corrected chi connectivity index (χ2v) is 6.67. The third kappa shape index (κ3) is 3.04. The van der Waals surface area contributed by atoms with Gasteiger partial charge in [-0.25, -0.2) is 9.97 Å². The van der Waals surface area contributed by atoms with Gasteiger partial charge in [-0.15, -0.1) is 0 Å². The SMILES string of the molecule is CCc1cc(N2CCC3(CC2)CNC(=O)c2ccccc2O3)ncn1. The van der Waals surface area contributed by atoms with Gasteiger partial charge in [-0.2, -0.15) is 0 Å². The first-order chi connectivity index (χ1) is 12.2. The van der Waals surface area contributed by atoms with Gasteiger partial charge in [0.25, 0.3) is 5.91 Å². The number of carbonyl (C=O) groups excluding carboxylic acids is 1. The van der Waals surface area contributed by atoms with Gasteiger partial charge in [0.1, 0.15) is 23.5 Å². The highest BCUT2D eigenvalue weighted by atomic mass is 16.5. The minimum absolute atomic E-state index is 0.0571. The summed E-state index contributed by atoms with van der Waals surface area (Å²) in [5.74, 6) is 1.60. The van der Waals surface area contributed by atoms with Crippen LogP contribution in [0.25, 0.3) is 0 Å². The average molecular weight is 338 g/mol. The number of para-hydroxylation sites is 1. The number of ether oxygens (including phenoxy) is 1. The third-order valence-corrected chi connectivity index (χ3v) is 5.10. The summed E-state index contributed by atoms with van der Waals surface area (Å²) in [5.41, 5.74) is 1.32. The number of nitrogens with one attached hydrogen (secondary N) is 1. The van der Waals surface area contributed by atoms with Gasteiger partial charge in [-0.3, -0.25) is 4.79 Å². The number of amides is 1. The van der Waals surface area contributed by atoms with E-state index in [1.165, 1.54) is 0 Å². The summed E-state index contributed by atoms with van der Waals surface area (Å²) in [6, 6.07) is 9.53. The number of rotatable bonds is 2. The molecule has 0 atom stereocenters. The number of hydrogen-bond acceptors (Lipinski definition) is 5. The predicted octanol–water partition coefficient (Wildman–Crippen LogP) is 2.20. The van der Waals surface area contributed by atoms with Crippen LogP contribution < -0.4 is 15.0 Å². The van der Waals surface area contributed by atoms with Gasteiger partial charge in [0.15, 0.2) is 0 Å².